The number of thioether (sulfide) groups is 1. The zero-order valence-corrected chi connectivity index (χ0v) is 30.3. The number of benzene rings is 2. The number of hydrogen-bond acceptors (Lipinski definition) is 6. The smallest absolute Gasteiger partial charge is 0.220 e. The molecule has 0 saturated heterocycles. The molecule has 0 aliphatic heterocycles. The van der Waals surface area contributed by atoms with Gasteiger partial charge in [-0.05, 0) is 60.3 Å². The van der Waals surface area contributed by atoms with Crippen molar-refractivity contribution < 1.29 is 19.0 Å². The number of amides is 1. The number of ether oxygens (including phenoxy) is 3. The van der Waals surface area contributed by atoms with Crippen LogP contribution in [0.15, 0.2) is 78.4 Å². The molecule has 0 radical (unpaired) electrons. The van der Waals surface area contributed by atoms with Crippen LogP contribution in [0.25, 0.3) is 0 Å². The fourth-order valence-corrected chi connectivity index (χ4v) is 7.13. The molecule has 1 atom stereocenters. The molecule has 3 N–H and O–H groups in total. The average Bonchev–Trinajstić information content (AvgIpc) is 3.11. The summed E-state index contributed by atoms with van der Waals surface area (Å²) in [4.78, 5) is 12.0. The first-order chi connectivity index (χ1) is 23.1. The first-order valence-electron chi connectivity index (χ1n) is 18.0. The minimum atomic E-state index is -0.233. The van der Waals surface area contributed by atoms with Gasteiger partial charge in [-0.1, -0.05) is 119 Å². The third-order valence-corrected chi connectivity index (χ3v) is 9.53. The van der Waals surface area contributed by atoms with Crippen molar-refractivity contribution in [1.82, 2.24) is 5.32 Å². The van der Waals surface area contributed by atoms with E-state index in [2.05, 4.69) is 104 Å². The van der Waals surface area contributed by atoms with Gasteiger partial charge in [-0.3, -0.25) is 4.79 Å². The molecule has 0 aromatic heterocycles. The quantitative estimate of drug-likeness (QED) is 0.109. The topological polar surface area (TPSA) is 82.8 Å². The number of carbonyl (C=O) groups excluding carboxylic acids is 1. The lowest BCUT2D eigenvalue weighted by Crippen LogP contribution is -2.27. The van der Waals surface area contributed by atoms with Gasteiger partial charge in [-0.15, -0.1) is 11.8 Å². The van der Waals surface area contributed by atoms with Gasteiger partial charge < -0.3 is 25.3 Å². The highest BCUT2D eigenvalue weighted by molar-refractivity contribution is 8.00. The van der Waals surface area contributed by atoms with Crippen molar-refractivity contribution in [3.05, 3.63) is 89.5 Å². The van der Waals surface area contributed by atoms with Crippen molar-refractivity contribution >= 4 is 17.7 Å². The van der Waals surface area contributed by atoms with E-state index in [0.717, 1.165) is 37.2 Å². The van der Waals surface area contributed by atoms with E-state index in [1.807, 2.05) is 0 Å². The van der Waals surface area contributed by atoms with Crippen LogP contribution in [0.4, 0.5) is 0 Å². The number of allylic oxidation sites excluding steroid dienone is 3. The Morgan fingerprint density at radius 2 is 1.43 bits per heavy atom. The third kappa shape index (κ3) is 15.9. The number of methoxy groups -OCH3 is 1. The maximum atomic E-state index is 12.0. The predicted octanol–water partition coefficient (Wildman–Crippen LogP) is 8.98. The zero-order valence-electron chi connectivity index (χ0n) is 29.5. The van der Waals surface area contributed by atoms with E-state index < -0.39 is 0 Å². The summed E-state index contributed by atoms with van der Waals surface area (Å²) in [7, 11) is 1.73. The van der Waals surface area contributed by atoms with Crippen LogP contribution >= 0.6 is 11.8 Å². The molecule has 3 rings (SSSR count). The summed E-state index contributed by atoms with van der Waals surface area (Å²) >= 11 is 2.07. The number of unbranched alkanes of at least 4 members (excludes halogenated alkanes) is 7. The molecule has 6 nitrogen and oxygen atoms in total. The highest BCUT2D eigenvalue weighted by Crippen LogP contribution is 2.50. The molecular weight excluding hydrogens is 605 g/mol. The lowest BCUT2D eigenvalue weighted by atomic mass is 9.81. The molecule has 0 heterocycles. The molecule has 1 amide bonds. The summed E-state index contributed by atoms with van der Waals surface area (Å²) in [5.74, 6) is 2.11. The molecule has 0 spiro atoms. The Morgan fingerprint density at radius 3 is 2.04 bits per heavy atom. The molecule has 1 unspecified atom stereocenters. The van der Waals surface area contributed by atoms with Gasteiger partial charge in [0.15, 0.2) is 0 Å². The molecule has 2 aromatic carbocycles. The van der Waals surface area contributed by atoms with Crippen LogP contribution in [0, 0.1) is 0 Å². The second-order valence-electron chi connectivity index (χ2n) is 11.9. The van der Waals surface area contributed by atoms with Crippen molar-refractivity contribution in [2.24, 2.45) is 5.73 Å². The van der Waals surface area contributed by atoms with Gasteiger partial charge in [0, 0.05) is 19.5 Å². The fraction of sp³-hybridized carbons (Fsp3) is 0.575. The van der Waals surface area contributed by atoms with Gasteiger partial charge >= 0.3 is 0 Å². The first kappa shape index (κ1) is 40.6. The summed E-state index contributed by atoms with van der Waals surface area (Å²) in [6.07, 6.45) is 20.6. The largest absolute Gasteiger partial charge is 0.497 e. The van der Waals surface area contributed by atoms with Gasteiger partial charge in [-0.2, -0.15) is 0 Å². The number of nitrogens with two attached hydrogens (primary N) is 1. The van der Waals surface area contributed by atoms with E-state index in [0.29, 0.717) is 45.9 Å². The van der Waals surface area contributed by atoms with Crippen LogP contribution < -0.4 is 15.8 Å². The Labute approximate surface area is 290 Å². The minimum Gasteiger partial charge on any atom is -0.497 e. The monoisotopic (exact) mass is 666 g/mol. The molecule has 47 heavy (non-hydrogen) atoms. The van der Waals surface area contributed by atoms with E-state index in [4.69, 9.17) is 19.9 Å². The molecule has 0 bridgehead atoms. The van der Waals surface area contributed by atoms with Gasteiger partial charge in [0.1, 0.15) is 5.75 Å². The van der Waals surface area contributed by atoms with E-state index in [9.17, 15) is 4.79 Å². The van der Waals surface area contributed by atoms with Crippen molar-refractivity contribution in [3.63, 3.8) is 0 Å². The summed E-state index contributed by atoms with van der Waals surface area (Å²) < 4.78 is 15.9. The SMILES string of the molecule is CCC.COc1ccc(C(SCCCCCCCCCCC(=O)NCCOCCOCCN)(C2=CCCC=C2)c2ccccc2)cc1. The van der Waals surface area contributed by atoms with E-state index in [1.165, 1.54) is 61.6 Å². The fourth-order valence-electron chi connectivity index (χ4n) is 5.55. The maximum Gasteiger partial charge on any atom is 0.220 e. The van der Waals surface area contributed by atoms with E-state index >= 15 is 0 Å². The maximum absolute atomic E-state index is 12.0. The van der Waals surface area contributed by atoms with Crippen LogP contribution in [0.1, 0.15) is 102 Å². The van der Waals surface area contributed by atoms with Crippen LogP contribution in [-0.2, 0) is 19.0 Å². The Kier molecular flexibility index (Phi) is 22.8. The second kappa shape index (κ2) is 26.4. The Morgan fingerprint density at radius 1 is 0.809 bits per heavy atom. The predicted molar refractivity (Wildman–Crippen MR) is 200 cm³/mol. The van der Waals surface area contributed by atoms with Gasteiger partial charge in [0.05, 0.1) is 38.3 Å². The molecule has 262 valence electrons. The standard InChI is InChI=1S/C37H54N2O4S.C3H8/c1-41-35-23-21-34(22-24-35)37(32-16-10-8-11-17-32,33-18-12-9-13-19-33)44-31-15-7-5-3-2-4-6-14-20-36(40)39-26-28-43-30-29-42-27-25-38;1-3-2/h8,10-12,16-19,21-24H,2-7,9,13-15,20,25-31,38H2,1H3,(H,39,40);3H2,1-2H3. The zero-order chi connectivity index (χ0) is 33.8. The van der Waals surface area contributed by atoms with Crippen LogP contribution in [0.3, 0.4) is 0 Å². The minimum absolute atomic E-state index is 0.117. The highest BCUT2D eigenvalue weighted by Gasteiger charge is 2.38. The average molecular weight is 667 g/mol. The number of hydrogen-bond donors (Lipinski definition) is 2. The highest BCUT2D eigenvalue weighted by atomic mass is 32.2. The molecule has 2 aromatic rings. The van der Waals surface area contributed by atoms with Gasteiger partial charge in [-0.25, -0.2) is 0 Å². The first-order valence-corrected chi connectivity index (χ1v) is 18.9. The third-order valence-electron chi connectivity index (χ3n) is 7.90. The summed E-state index contributed by atoms with van der Waals surface area (Å²) in [6.45, 7) is 7.46. The lowest BCUT2D eigenvalue weighted by molar-refractivity contribution is -0.121. The molecule has 1 aliphatic rings. The molecule has 0 fully saturated rings. The van der Waals surface area contributed by atoms with Crippen LogP contribution in [-0.4, -0.2) is 58.3 Å². The number of rotatable bonds is 24. The van der Waals surface area contributed by atoms with Crippen LogP contribution in [0.2, 0.25) is 0 Å². The molecule has 7 heteroatoms. The van der Waals surface area contributed by atoms with Gasteiger partial charge in [0.2, 0.25) is 5.91 Å². The van der Waals surface area contributed by atoms with Gasteiger partial charge in [0.25, 0.3) is 0 Å². The van der Waals surface area contributed by atoms with Crippen LogP contribution in [0.5, 0.6) is 5.75 Å². The van der Waals surface area contributed by atoms with Crippen molar-refractivity contribution in [3.8, 4) is 5.75 Å². The lowest BCUT2D eigenvalue weighted by Gasteiger charge is -2.37. The molecule has 1 aliphatic carbocycles. The van der Waals surface area contributed by atoms with E-state index in [-0.39, 0.29) is 10.7 Å². The Hall–Kier alpha value is -2.58. The summed E-state index contributed by atoms with van der Waals surface area (Å²) in [5.41, 5.74) is 9.39. The van der Waals surface area contributed by atoms with Crippen molar-refractivity contribution in [2.75, 3.05) is 52.4 Å². The second-order valence-corrected chi connectivity index (χ2v) is 13.2. The summed E-state index contributed by atoms with van der Waals surface area (Å²) in [6, 6.07) is 19.6. The Balaban J connectivity index is 0.00000246. The molecule has 0 saturated carbocycles. The van der Waals surface area contributed by atoms with Crippen molar-refractivity contribution in [1.29, 1.82) is 0 Å². The van der Waals surface area contributed by atoms with Crippen molar-refractivity contribution in [2.45, 2.75) is 95.6 Å². The Bertz CT molecular complexity index is 1120. The number of nitrogens with one attached hydrogen (secondary N) is 1. The number of carbonyl (C=O) groups is 1. The normalized spacial score (nSPS) is 13.7. The summed E-state index contributed by atoms with van der Waals surface area (Å²) in [5, 5.41) is 2.93. The molecular formula is C40H62N2O4S. The van der Waals surface area contributed by atoms with E-state index in [1.54, 1.807) is 7.11 Å².